The maximum atomic E-state index is 13.2. The summed E-state index contributed by atoms with van der Waals surface area (Å²) in [7, 11) is 3.49. The number of amides is 1. The molecule has 1 aromatic carbocycles. The van der Waals surface area contributed by atoms with Gasteiger partial charge in [0.2, 0.25) is 5.91 Å². The van der Waals surface area contributed by atoms with Gasteiger partial charge in [0.15, 0.2) is 5.96 Å². The molecule has 1 aliphatic rings. The largest absolute Gasteiger partial charge is 0.367 e. The summed E-state index contributed by atoms with van der Waals surface area (Å²) in [5, 5.41) is 3.29. The third kappa shape index (κ3) is 5.69. The minimum Gasteiger partial charge on any atom is -0.367 e. The maximum Gasteiger partial charge on any atom is 0.223 e. The van der Waals surface area contributed by atoms with Crippen LogP contribution in [0.25, 0.3) is 0 Å². The number of nitrogens with zero attached hydrogens (tertiary/aromatic N) is 3. The topological polar surface area (TPSA) is 57.2 Å². The van der Waals surface area contributed by atoms with Crippen molar-refractivity contribution in [2.24, 2.45) is 4.99 Å². The van der Waals surface area contributed by atoms with Crippen molar-refractivity contribution >= 4 is 11.9 Å². The molecule has 0 saturated carbocycles. The molecule has 2 atom stereocenters. The number of halogens is 1. The predicted molar refractivity (Wildman–Crippen MR) is 101 cm³/mol. The van der Waals surface area contributed by atoms with Crippen molar-refractivity contribution in [3.63, 3.8) is 0 Å². The number of nitrogens with one attached hydrogen (secondary N) is 1. The van der Waals surface area contributed by atoms with Gasteiger partial charge in [-0.05, 0) is 31.5 Å². The molecule has 0 radical (unpaired) electrons. The number of hydrogen-bond donors (Lipinski definition) is 1. The van der Waals surface area contributed by atoms with Crippen molar-refractivity contribution in [1.82, 2.24) is 15.1 Å². The van der Waals surface area contributed by atoms with E-state index in [-0.39, 0.29) is 23.9 Å². The van der Waals surface area contributed by atoms with E-state index in [9.17, 15) is 9.18 Å². The number of aliphatic imine (C=N–C) groups is 1. The second-order valence-corrected chi connectivity index (χ2v) is 6.67. The van der Waals surface area contributed by atoms with Crippen LogP contribution in [0, 0.1) is 5.82 Å². The molecule has 26 heavy (non-hydrogen) atoms. The summed E-state index contributed by atoms with van der Waals surface area (Å²) in [6, 6.07) is 6.43. The Hall–Kier alpha value is -2.15. The van der Waals surface area contributed by atoms with Gasteiger partial charge in [-0.25, -0.2) is 4.39 Å². The van der Waals surface area contributed by atoms with Gasteiger partial charge in [0.1, 0.15) is 11.9 Å². The van der Waals surface area contributed by atoms with Crippen LogP contribution in [0.4, 0.5) is 4.39 Å². The molecule has 1 N–H and O–H groups in total. The van der Waals surface area contributed by atoms with Gasteiger partial charge in [0.25, 0.3) is 0 Å². The first-order chi connectivity index (χ1) is 12.4. The number of guanidine groups is 1. The Balaban J connectivity index is 2.08. The van der Waals surface area contributed by atoms with Crippen molar-refractivity contribution in [1.29, 1.82) is 0 Å². The van der Waals surface area contributed by atoms with Crippen LogP contribution < -0.4 is 5.32 Å². The molecule has 1 heterocycles. The average Bonchev–Trinajstić information content (AvgIpc) is 2.60. The number of carbonyl (C=O) groups is 1. The molecule has 1 amide bonds. The van der Waals surface area contributed by atoms with Gasteiger partial charge >= 0.3 is 0 Å². The van der Waals surface area contributed by atoms with E-state index in [1.165, 1.54) is 12.1 Å². The first kappa shape index (κ1) is 20.2. The molecule has 7 heteroatoms. The minimum atomic E-state index is -0.255. The molecule has 6 nitrogen and oxygen atoms in total. The zero-order valence-corrected chi connectivity index (χ0v) is 16.0. The summed E-state index contributed by atoms with van der Waals surface area (Å²) in [6.45, 7) is 6.55. The molecule has 0 aromatic heterocycles. The number of morpholine rings is 1. The van der Waals surface area contributed by atoms with Crippen molar-refractivity contribution in [2.75, 3.05) is 40.3 Å². The fourth-order valence-electron chi connectivity index (χ4n) is 2.89. The second kappa shape index (κ2) is 9.52. The Morgan fingerprint density at radius 3 is 2.65 bits per heavy atom. The quantitative estimate of drug-likeness (QED) is 0.642. The lowest BCUT2D eigenvalue weighted by molar-refractivity contribution is -0.128. The van der Waals surface area contributed by atoms with Crippen LogP contribution in [0.5, 0.6) is 0 Å². The predicted octanol–water partition coefficient (Wildman–Crippen LogP) is 2.03. The summed E-state index contributed by atoms with van der Waals surface area (Å²) in [5.74, 6) is 0.584. The van der Waals surface area contributed by atoms with Gasteiger partial charge in [0.05, 0.1) is 19.2 Å². The van der Waals surface area contributed by atoms with E-state index in [2.05, 4.69) is 15.2 Å². The number of ether oxygens (including phenoxy) is 1. The van der Waals surface area contributed by atoms with Crippen molar-refractivity contribution in [3.8, 4) is 0 Å². The molecule has 1 saturated heterocycles. The van der Waals surface area contributed by atoms with Crippen molar-refractivity contribution < 1.29 is 13.9 Å². The molecule has 0 aliphatic carbocycles. The van der Waals surface area contributed by atoms with Gasteiger partial charge in [0, 0.05) is 33.6 Å². The van der Waals surface area contributed by atoms with Crippen LogP contribution in [-0.2, 0) is 9.53 Å². The summed E-state index contributed by atoms with van der Waals surface area (Å²) in [6.07, 6.45) is 0.251. The van der Waals surface area contributed by atoms with Gasteiger partial charge in [-0.2, -0.15) is 0 Å². The molecule has 1 aromatic rings. The number of carbonyl (C=O) groups excluding carboxylic acids is 1. The monoisotopic (exact) mass is 364 g/mol. The molecule has 144 valence electrons. The van der Waals surface area contributed by atoms with Gasteiger partial charge in [-0.15, -0.1) is 0 Å². The Bertz CT molecular complexity index is 618. The van der Waals surface area contributed by atoms with E-state index < -0.39 is 0 Å². The van der Waals surface area contributed by atoms with Crippen LogP contribution in [0.15, 0.2) is 29.3 Å². The highest BCUT2D eigenvalue weighted by molar-refractivity contribution is 5.81. The fraction of sp³-hybridized carbons (Fsp3) is 0.579. The van der Waals surface area contributed by atoms with E-state index in [1.54, 1.807) is 31.1 Å². The number of rotatable bonds is 5. The number of benzene rings is 1. The van der Waals surface area contributed by atoms with E-state index in [1.807, 2.05) is 13.8 Å². The second-order valence-electron chi connectivity index (χ2n) is 6.67. The van der Waals surface area contributed by atoms with Gasteiger partial charge in [-0.3, -0.25) is 9.79 Å². The summed E-state index contributed by atoms with van der Waals surface area (Å²) in [5.41, 5.74) is 0.946. The lowest BCUT2D eigenvalue weighted by Gasteiger charge is -2.38. The molecule has 2 unspecified atom stereocenters. The summed E-state index contributed by atoms with van der Waals surface area (Å²) < 4.78 is 19.2. The van der Waals surface area contributed by atoms with Crippen molar-refractivity contribution in [2.45, 2.75) is 32.5 Å². The van der Waals surface area contributed by atoms with Gasteiger partial charge < -0.3 is 19.9 Å². The lowest BCUT2D eigenvalue weighted by Crippen LogP contribution is -2.50. The van der Waals surface area contributed by atoms with Gasteiger partial charge in [-0.1, -0.05) is 12.1 Å². The van der Waals surface area contributed by atoms with E-state index in [4.69, 9.17) is 4.74 Å². The zero-order chi connectivity index (χ0) is 19.1. The standard InChI is InChI=1S/C19H29FN4O2/c1-5-21-19(22-11-10-18(25)23(3)4)24-12-14(2)26-17(13-24)15-6-8-16(20)9-7-15/h6-9,14,17H,5,10-13H2,1-4H3,(H,21,22). The first-order valence-electron chi connectivity index (χ1n) is 9.05. The summed E-state index contributed by atoms with van der Waals surface area (Å²) in [4.78, 5) is 20.1. The minimum absolute atomic E-state index is 0.0195. The smallest absolute Gasteiger partial charge is 0.223 e. The Kier molecular flexibility index (Phi) is 7.38. The van der Waals surface area contributed by atoms with Crippen LogP contribution in [-0.4, -0.2) is 68.0 Å². The molecular weight excluding hydrogens is 335 g/mol. The first-order valence-corrected chi connectivity index (χ1v) is 9.05. The van der Waals surface area contributed by atoms with Crippen LogP contribution in [0.3, 0.4) is 0 Å². The highest BCUT2D eigenvalue weighted by Gasteiger charge is 2.28. The third-order valence-corrected chi connectivity index (χ3v) is 4.22. The summed E-state index contributed by atoms with van der Waals surface area (Å²) >= 11 is 0. The Labute approximate surface area is 155 Å². The third-order valence-electron chi connectivity index (χ3n) is 4.22. The normalized spacial score (nSPS) is 20.8. The molecule has 1 fully saturated rings. The zero-order valence-electron chi connectivity index (χ0n) is 16.0. The van der Waals surface area contributed by atoms with Crippen LogP contribution >= 0.6 is 0 Å². The van der Waals surface area contributed by atoms with Crippen molar-refractivity contribution in [3.05, 3.63) is 35.6 Å². The highest BCUT2D eigenvalue weighted by atomic mass is 19.1. The lowest BCUT2D eigenvalue weighted by atomic mass is 10.1. The fourth-order valence-corrected chi connectivity index (χ4v) is 2.89. The van der Waals surface area contributed by atoms with E-state index >= 15 is 0 Å². The number of hydrogen-bond acceptors (Lipinski definition) is 3. The van der Waals surface area contributed by atoms with Crippen LogP contribution in [0.2, 0.25) is 0 Å². The SMILES string of the molecule is CCNC(=NCCC(=O)N(C)C)N1CC(C)OC(c2ccc(F)cc2)C1. The average molecular weight is 364 g/mol. The molecule has 0 spiro atoms. The van der Waals surface area contributed by atoms with E-state index in [0.717, 1.165) is 18.1 Å². The Morgan fingerprint density at radius 1 is 1.35 bits per heavy atom. The molecule has 1 aliphatic heterocycles. The van der Waals surface area contributed by atoms with E-state index in [0.29, 0.717) is 26.1 Å². The highest BCUT2D eigenvalue weighted by Crippen LogP contribution is 2.25. The molecular formula is C19H29FN4O2. The molecule has 2 rings (SSSR count). The van der Waals surface area contributed by atoms with Crippen LogP contribution in [0.1, 0.15) is 31.9 Å². The molecule has 0 bridgehead atoms. The Morgan fingerprint density at radius 2 is 2.04 bits per heavy atom. The maximum absolute atomic E-state index is 13.2.